The average Bonchev–Trinajstić information content (AvgIpc) is 2.98. The Bertz CT molecular complexity index is 381. The summed E-state index contributed by atoms with van der Waals surface area (Å²) in [5.41, 5.74) is 2.50. The lowest BCUT2D eigenvalue weighted by atomic mass is 10.1. The molecular formula is C15H27N3O. The number of rotatable bonds is 7. The largest absolute Gasteiger partial charge is 0.377 e. The molecule has 108 valence electrons. The van der Waals surface area contributed by atoms with E-state index in [-0.39, 0.29) is 0 Å². The Hall–Kier alpha value is -0.870. The second kappa shape index (κ2) is 7.06. The van der Waals surface area contributed by atoms with E-state index in [9.17, 15) is 0 Å². The van der Waals surface area contributed by atoms with Gasteiger partial charge in [0.1, 0.15) is 0 Å². The van der Waals surface area contributed by atoms with E-state index in [4.69, 9.17) is 4.74 Å². The van der Waals surface area contributed by atoms with Gasteiger partial charge in [-0.2, -0.15) is 5.10 Å². The van der Waals surface area contributed by atoms with E-state index in [2.05, 4.69) is 30.5 Å². The molecule has 2 rings (SSSR count). The second-order valence-corrected chi connectivity index (χ2v) is 5.82. The van der Waals surface area contributed by atoms with Crippen LogP contribution in [0.1, 0.15) is 56.7 Å². The third-order valence-electron chi connectivity index (χ3n) is 3.73. The molecule has 1 N–H and O–H groups in total. The molecule has 0 atom stereocenters. The van der Waals surface area contributed by atoms with Gasteiger partial charge in [0.05, 0.1) is 18.4 Å². The van der Waals surface area contributed by atoms with Crippen molar-refractivity contribution >= 4 is 0 Å². The first-order valence-corrected chi connectivity index (χ1v) is 7.51. The van der Waals surface area contributed by atoms with Crippen molar-refractivity contribution in [2.45, 2.75) is 58.1 Å². The summed E-state index contributed by atoms with van der Waals surface area (Å²) < 4.78 is 7.74. The van der Waals surface area contributed by atoms with Gasteiger partial charge in [-0.1, -0.05) is 26.7 Å². The zero-order valence-electron chi connectivity index (χ0n) is 12.5. The summed E-state index contributed by atoms with van der Waals surface area (Å²) in [5.74, 6) is 0.479. The van der Waals surface area contributed by atoms with Crippen LogP contribution < -0.4 is 5.32 Å². The van der Waals surface area contributed by atoms with Crippen molar-refractivity contribution in [2.24, 2.45) is 7.05 Å². The summed E-state index contributed by atoms with van der Waals surface area (Å²) in [6.45, 7) is 7.00. The molecule has 1 aromatic heterocycles. The standard InChI is InChI=1S/C15H27N3O/c1-12(2)15-13(11-18(3)17-15)10-16-8-9-19-14-6-4-5-7-14/h11-12,14,16H,4-10H2,1-3H3. The number of ether oxygens (including phenoxy) is 1. The van der Waals surface area contributed by atoms with Crippen molar-refractivity contribution in [3.8, 4) is 0 Å². The van der Waals surface area contributed by atoms with E-state index in [1.807, 2.05) is 11.7 Å². The second-order valence-electron chi connectivity index (χ2n) is 5.82. The fourth-order valence-corrected chi connectivity index (χ4v) is 2.75. The van der Waals surface area contributed by atoms with Crippen LogP contribution in [-0.4, -0.2) is 29.0 Å². The van der Waals surface area contributed by atoms with Gasteiger partial charge in [-0.25, -0.2) is 0 Å². The molecule has 0 bridgehead atoms. The maximum Gasteiger partial charge on any atom is 0.0694 e. The number of aromatic nitrogens is 2. The SMILES string of the molecule is CC(C)c1nn(C)cc1CNCCOC1CCCC1. The van der Waals surface area contributed by atoms with E-state index >= 15 is 0 Å². The summed E-state index contributed by atoms with van der Waals surface area (Å²) >= 11 is 0. The molecule has 1 heterocycles. The zero-order valence-corrected chi connectivity index (χ0v) is 12.5. The van der Waals surface area contributed by atoms with E-state index in [1.165, 1.54) is 36.9 Å². The van der Waals surface area contributed by atoms with Crippen LogP contribution in [0.5, 0.6) is 0 Å². The monoisotopic (exact) mass is 265 g/mol. The maximum atomic E-state index is 5.84. The molecular weight excluding hydrogens is 238 g/mol. The number of hydrogen-bond acceptors (Lipinski definition) is 3. The van der Waals surface area contributed by atoms with E-state index < -0.39 is 0 Å². The molecule has 1 fully saturated rings. The first-order valence-electron chi connectivity index (χ1n) is 7.51. The Balaban J connectivity index is 1.67. The Kier molecular flexibility index (Phi) is 5.40. The average molecular weight is 265 g/mol. The highest BCUT2D eigenvalue weighted by Gasteiger charge is 2.15. The van der Waals surface area contributed by atoms with Gasteiger partial charge in [0.15, 0.2) is 0 Å². The van der Waals surface area contributed by atoms with Crippen molar-refractivity contribution in [3.63, 3.8) is 0 Å². The minimum Gasteiger partial charge on any atom is -0.377 e. The van der Waals surface area contributed by atoms with Gasteiger partial charge in [0, 0.05) is 31.9 Å². The van der Waals surface area contributed by atoms with E-state index in [0.717, 1.165) is 19.7 Å². The number of nitrogens with zero attached hydrogens (tertiary/aromatic N) is 2. The molecule has 4 heteroatoms. The number of hydrogen-bond donors (Lipinski definition) is 1. The van der Waals surface area contributed by atoms with Gasteiger partial charge in [0.2, 0.25) is 0 Å². The molecule has 1 aromatic rings. The third-order valence-corrected chi connectivity index (χ3v) is 3.73. The first-order chi connectivity index (χ1) is 9.16. The molecule has 1 saturated carbocycles. The minimum atomic E-state index is 0.479. The highest BCUT2D eigenvalue weighted by atomic mass is 16.5. The highest BCUT2D eigenvalue weighted by Crippen LogP contribution is 2.20. The summed E-state index contributed by atoms with van der Waals surface area (Å²) in [6, 6.07) is 0. The minimum absolute atomic E-state index is 0.479. The van der Waals surface area contributed by atoms with Crippen molar-refractivity contribution in [3.05, 3.63) is 17.5 Å². The highest BCUT2D eigenvalue weighted by molar-refractivity contribution is 5.19. The van der Waals surface area contributed by atoms with Crippen molar-refractivity contribution in [1.29, 1.82) is 0 Å². The van der Waals surface area contributed by atoms with Crippen molar-refractivity contribution in [1.82, 2.24) is 15.1 Å². The molecule has 0 spiro atoms. The van der Waals surface area contributed by atoms with Crippen LogP contribution in [0.3, 0.4) is 0 Å². The smallest absolute Gasteiger partial charge is 0.0694 e. The molecule has 1 aliphatic rings. The molecule has 19 heavy (non-hydrogen) atoms. The van der Waals surface area contributed by atoms with E-state index in [1.54, 1.807) is 0 Å². The summed E-state index contributed by atoms with van der Waals surface area (Å²) in [7, 11) is 1.98. The summed E-state index contributed by atoms with van der Waals surface area (Å²) in [4.78, 5) is 0. The molecule has 0 aromatic carbocycles. The van der Waals surface area contributed by atoms with Gasteiger partial charge in [0.25, 0.3) is 0 Å². The van der Waals surface area contributed by atoms with Gasteiger partial charge in [-0.3, -0.25) is 4.68 Å². The van der Waals surface area contributed by atoms with Crippen LogP contribution in [0, 0.1) is 0 Å². The Morgan fingerprint density at radius 3 is 2.84 bits per heavy atom. The molecule has 0 unspecified atom stereocenters. The molecule has 0 amide bonds. The molecule has 0 aliphatic heterocycles. The predicted octanol–water partition coefficient (Wildman–Crippen LogP) is 2.59. The van der Waals surface area contributed by atoms with Crippen LogP contribution in [0.25, 0.3) is 0 Å². The van der Waals surface area contributed by atoms with Crippen LogP contribution >= 0.6 is 0 Å². The lowest BCUT2D eigenvalue weighted by Gasteiger charge is -2.11. The Labute approximate surface area is 116 Å². The molecule has 1 aliphatic carbocycles. The summed E-state index contributed by atoms with van der Waals surface area (Å²) in [5, 5.41) is 7.97. The maximum absolute atomic E-state index is 5.84. The van der Waals surface area contributed by atoms with Gasteiger partial charge in [-0.15, -0.1) is 0 Å². The lowest BCUT2D eigenvalue weighted by Crippen LogP contribution is -2.22. The van der Waals surface area contributed by atoms with Crippen LogP contribution in [0.4, 0.5) is 0 Å². The van der Waals surface area contributed by atoms with Crippen molar-refractivity contribution < 1.29 is 4.74 Å². The van der Waals surface area contributed by atoms with Crippen molar-refractivity contribution in [2.75, 3.05) is 13.2 Å². The Morgan fingerprint density at radius 1 is 1.42 bits per heavy atom. The Morgan fingerprint density at radius 2 is 2.16 bits per heavy atom. The van der Waals surface area contributed by atoms with Gasteiger partial charge >= 0.3 is 0 Å². The summed E-state index contributed by atoms with van der Waals surface area (Å²) in [6.07, 6.45) is 7.81. The number of aryl methyl sites for hydroxylation is 1. The molecule has 4 nitrogen and oxygen atoms in total. The molecule has 0 radical (unpaired) electrons. The van der Waals surface area contributed by atoms with Gasteiger partial charge < -0.3 is 10.1 Å². The predicted molar refractivity (Wildman–Crippen MR) is 77.2 cm³/mol. The third kappa shape index (κ3) is 4.32. The van der Waals surface area contributed by atoms with Crippen LogP contribution in [0.2, 0.25) is 0 Å². The van der Waals surface area contributed by atoms with Crippen LogP contribution in [-0.2, 0) is 18.3 Å². The van der Waals surface area contributed by atoms with Gasteiger partial charge in [-0.05, 0) is 18.8 Å². The fraction of sp³-hybridized carbons (Fsp3) is 0.800. The quantitative estimate of drug-likeness (QED) is 0.770. The van der Waals surface area contributed by atoms with E-state index in [0.29, 0.717) is 12.0 Å². The lowest BCUT2D eigenvalue weighted by molar-refractivity contribution is 0.0602. The molecule has 0 saturated heterocycles. The fourth-order valence-electron chi connectivity index (χ4n) is 2.75. The zero-order chi connectivity index (χ0) is 13.7. The topological polar surface area (TPSA) is 39.1 Å². The van der Waals surface area contributed by atoms with Crippen LogP contribution in [0.15, 0.2) is 6.20 Å². The first kappa shape index (κ1) is 14.5. The normalized spacial score (nSPS) is 16.6. The number of nitrogens with one attached hydrogen (secondary N) is 1.